The van der Waals surface area contributed by atoms with E-state index in [1.807, 2.05) is 72.9 Å². The molecule has 4 heteroatoms. The zero-order chi connectivity index (χ0) is 31.6. The number of nitrogens with zero attached hydrogens (tertiary/aromatic N) is 4. The first-order valence-corrected chi connectivity index (χ1v) is 15.7. The zero-order valence-corrected chi connectivity index (χ0v) is 25.9. The monoisotopic (exact) mass is 602 g/mol. The SMILES string of the molecule is Cc1ncccc1-c1cccc(-c2cc(-c3ccc4ccccc4c3)cc(-c3nc(-c4ccccc4)nc(-c4ccccc4)n3)c2)c1. The largest absolute Gasteiger partial charge is 0.261 e. The van der Waals surface area contributed by atoms with Gasteiger partial charge in [-0.1, -0.05) is 121 Å². The first-order chi connectivity index (χ1) is 23.2. The molecule has 0 bridgehead atoms. The van der Waals surface area contributed by atoms with Crippen molar-refractivity contribution in [2.24, 2.45) is 0 Å². The highest BCUT2D eigenvalue weighted by Crippen LogP contribution is 2.36. The Morgan fingerprint density at radius 3 is 1.51 bits per heavy atom. The molecule has 0 N–H and O–H groups in total. The van der Waals surface area contributed by atoms with E-state index >= 15 is 0 Å². The van der Waals surface area contributed by atoms with Gasteiger partial charge in [0.2, 0.25) is 0 Å². The number of rotatable bonds is 6. The van der Waals surface area contributed by atoms with Gasteiger partial charge in [-0.15, -0.1) is 0 Å². The Kier molecular flexibility index (Phi) is 7.37. The maximum atomic E-state index is 5.07. The Morgan fingerprint density at radius 1 is 0.340 bits per heavy atom. The van der Waals surface area contributed by atoms with Crippen LogP contribution in [0.5, 0.6) is 0 Å². The van der Waals surface area contributed by atoms with Gasteiger partial charge in [0.25, 0.3) is 0 Å². The van der Waals surface area contributed by atoms with Crippen LogP contribution < -0.4 is 0 Å². The van der Waals surface area contributed by atoms with E-state index in [1.54, 1.807) is 0 Å². The molecule has 6 aromatic carbocycles. The minimum absolute atomic E-state index is 0.626. The maximum Gasteiger partial charge on any atom is 0.164 e. The van der Waals surface area contributed by atoms with Gasteiger partial charge in [0.1, 0.15) is 0 Å². The van der Waals surface area contributed by atoms with E-state index < -0.39 is 0 Å². The third-order valence-electron chi connectivity index (χ3n) is 8.49. The molecule has 0 aliphatic rings. The van der Waals surface area contributed by atoms with Gasteiger partial charge in [-0.3, -0.25) is 4.98 Å². The van der Waals surface area contributed by atoms with Gasteiger partial charge in [0.15, 0.2) is 17.5 Å². The average Bonchev–Trinajstić information content (AvgIpc) is 3.15. The summed E-state index contributed by atoms with van der Waals surface area (Å²) in [6.45, 7) is 2.05. The Morgan fingerprint density at radius 2 is 0.851 bits per heavy atom. The molecule has 0 amide bonds. The van der Waals surface area contributed by atoms with Gasteiger partial charge in [0.05, 0.1) is 0 Å². The number of hydrogen-bond donors (Lipinski definition) is 0. The van der Waals surface area contributed by atoms with E-state index in [9.17, 15) is 0 Å². The zero-order valence-electron chi connectivity index (χ0n) is 25.9. The van der Waals surface area contributed by atoms with Crippen molar-refractivity contribution < 1.29 is 0 Å². The molecule has 0 aliphatic heterocycles. The van der Waals surface area contributed by atoms with Crippen molar-refractivity contribution in [3.63, 3.8) is 0 Å². The van der Waals surface area contributed by atoms with Gasteiger partial charge >= 0.3 is 0 Å². The molecule has 8 rings (SSSR count). The highest BCUT2D eigenvalue weighted by atomic mass is 15.0. The third kappa shape index (κ3) is 5.81. The van der Waals surface area contributed by atoms with Crippen LogP contribution in [0.25, 0.3) is 78.3 Å². The predicted molar refractivity (Wildman–Crippen MR) is 192 cm³/mol. The van der Waals surface area contributed by atoms with Gasteiger partial charge in [0, 0.05) is 34.1 Å². The molecule has 0 radical (unpaired) electrons. The minimum atomic E-state index is 0.626. The van der Waals surface area contributed by atoms with Crippen LogP contribution >= 0.6 is 0 Å². The predicted octanol–water partition coefficient (Wildman–Crippen LogP) is 10.7. The minimum Gasteiger partial charge on any atom is -0.261 e. The molecule has 0 fully saturated rings. The average molecular weight is 603 g/mol. The smallest absolute Gasteiger partial charge is 0.164 e. The molecule has 0 atom stereocenters. The molecule has 4 nitrogen and oxygen atoms in total. The quantitative estimate of drug-likeness (QED) is 0.190. The second-order valence-electron chi connectivity index (χ2n) is 11.6. The fourth-order valence-corrected chi connectivity index (χ4v) is 6.05. The summed E-state index contributed by atoms with van der Waals surface area (Å²) in [6, 6.07) is 54.7. The van der Waals surface area contributed by atoms with Crippen LogP contribution in [-0.2, 0) is 0 Å². The summed E-state index contributed by atoms with van der Waals surface area (Å²) in [6.07, 6.45) is 1.84. The molecule has 0 saturated carbocycles. The van der Waals surface area contributed by atoms with Crippen LogP contribution in [0.15, 0.2) is 164 Å². The lowest BCUT2D eigenvalue weighted by molar-refractivity contribution is 1.07. The van der Waals surface area contributed by atoms with Crippen molar-refractivity contribution in [2.75, 3.05) is 0 Å². The van der Waals surface area contributed by atoms with Crippen molar-refractivity contribution in [3.05, 3.63) is 170 Å². The lowest BCUT2D eigenvalue weighted by Gasteiger charge is -2.14. The number of aromatic nitrogens is 4. The van der Waals surface area contributed by atoms with Crippen LogP contribution in [0.1, 0.15) is 5.69 Å². The summed E-state index contributed by atoms with van der Waals surface area (Å²) >= 11 is 0. The standard InChI is InChI=1S/C43H30N4/c1-29-40(20-11-23-44-29)36-19-10-18-34(25-36)37-26-38(35-22-21-30-12-8-9-17-33(30)24-35)28-39(27-37)43-46-41(31-13-4-2-5-14-31)45-42(47-43)32-15-6-3-7-16-32/h2-28H,1H3. The van der Waals surface area contributed by atoms with Gasteiger partial charge in [-0.05, 0) is 81.9 Å². The highest BCUT2D eigenvalue weighted by molar-refractivity contribution is 5.89. The number of benzene rings is 6. The summed E-state index contributed by atoms with van der Waals surface area (Å²) < 4.78 is 0. The van der Waals surface area contributed by atoms with E-state index in [2.05, 4.69) is 103 Å². The Balaban J connectivity index is 1.35. The van der Waals surface area contributed by atoms with E-state index in [-0.39, 0.29) is 0 Å². The second kappa shape index (κ2) is 12.3. The summed E-state index contributed by atoms with van der Waals surface area (Å²) in [5.41, 5.74) is 10.5. The molecule has 0 saturated heterocycles. The molecule has 8 aromatic rings. The van der Waals surface area contributed by atoms with Crippen molar-refractivity contribution >= 4 is 10.8 Å². The molecular formula is C43H30N4. The van der Waals surface area contributed by atoms with E-state index in [0.717, 1.165) is 55.8 Å². The Labute approximate surface area is 274 Å². The number of pyridine rings is 1. The van der Waals surface area contributed by atoms with Crippen molar-refractivity contribution in [2.45, 2.75) is 6.92 Å². The van der Waals surface area contributed by atoms with Crippen LogP contribution in [0, 0.1) is 6.92 Å². The third-order valence-corrected chi connectivity index (χ3v) is 8.49. The van der Waals surface area contributed by atoms with Crippen LogP contribution in [-0.4, -0.2) is 19.9 Å². The lowest BCUT2D eigenvalue weighted by atomic mass is 9.93. The Bertz CT molecular complexity index is 2310. The molecule has 0 unspecified atom stereocenters. The van der Waals surface area contributed by atoms with Gasteiger partial charge in [-0.25, -0.2) is 15.0 Å². The van der Waals surface area contributed by atoms with E-state index in [1.165, 1.54) is 10.8 Å². The summed E-state index contributed by atoms with van der Waals surface area (Å²) in [4.78, 5) is 19.6. The number of fused-ring (bicyclic) bond motifs is 1. The van der Waals surface area contributed by atoms with Crippen LogP contribution in [0.4, 0.5) is 0 Å². The molecule has 222 valence electrons. The molecule has 0 aliphatic carbocycles. The van der Waals surface area contributed by atoms with Gasteiger partial charge in [-0.2, -0.15) is 0 Å². The van der Waals surface area contributed by atoms with Crippen molar-refractivity contribution in [3.8, 4) is 67.5 Å². The molecular weight excluding hydrogens is 573 g/mol. The normalized spacial score (nSPS) is 11.1. The topological polar surface area (TPSA) is 51.6 Å². The molecule has 2 aromatic heterocycles. The summed E-state index contributed by atoms with van der Waals surface area (Å²) in [7, 11) is 0. The fourth-order valence-electron chi connectivity index (χ4n) is 6.05. The van der Waals surface area contributed by atoms with Crippen LogP contribution in [0.2, 0.25) is 0 Å². The van der Waals surface area contributed by atoms with Crippen molar-refractivity contribution in [1.82, 2.24) is 19.9 Å². The first-order valence-electron chi connectivity index (χ1n) is 15.7. The summed E-state index contributed by atoms with van der Waals surface area (Å²) in [5.74, 6) is 1.91. The molecule has 47 heavy (non-hydrogen) atoms. The fraction of sp³-hybridized carbons (Fsp3) is 0.0233. The van der Waals surface area contributed by atoms with Gasteiger partial charge < -0.3 is 0 Å². The lowest BCUT2D eigenvalue weighted by Crippen LogP contribution is -2.00. The Hall–Kier alpha value is -6.26. The molecule has 0 spiro atoms. The second-order valence-corrected chi connectivity index (χ2v) is 11.6. The molecule has 2 heterocycles. The number of hydrogen-bond acceptors (Lipinski definition) is 4. The van der Waals surface area contributed by atoms with E-state index in [4.69, 9.17) is 15.0 Å². The maximum absolute atomic E-state index is 5.07. The van der Waals surface area contributed by atoms with E-state index in [0.29, 0.717) is 17.5 Å². The summed E-state index contributed by atoms with van der Waals surface area (Å²) in [5, 5.41) is 2.41. The number of aryl methyl sites for hydroxylation is 1. The van der Waals surface area contributed by atoms with Crippen molar-refractivity contribution in [1.29, 1.82) is 0 Å². The van der Waals surface area contributed by atoms with Crippen LogP contribution in [0.3, 0.4) is 0 Å². The highest BCUT2D eigenvalue weighted by Gasteiger charge is 2.15. The first kappa shape index (κ1) is 28.2.